The molecule has 1 aliphatic rings. The van der Waals surface area contributed by atoms with Gasteiger partial charge in [-0.05, 0) is 99.1 Å². The summed E-state index contributed by atoms with van der Waals surface area (Å²) in [6.45, 7) is 8.37. The molecule has 0 bridgehead atoms. The normalized spacial score (nSPS) is 17.1. The fourth-order valence-electron chi connectivity index (χ4n) is 5.23. The topological polar surface area (TPSA) is 59.4 Å². The maximum Gasteiger partial charge on any atom is 0.339 e. The van der Waals surface area contributed by atoms with Crippen LogP contribution >= 0.6 is 12.2 Å². The monoisotopic (exact) mass is 510 g/mol. The van der Waals surface area contributed by atoms with Crippen LogP contribution in [0.25, 0.3) is 5.69 Å². The molecular formula is C30H30N4O2S. The highest BCUT2D eigenvalue weighted by Gasteiger charge is 2.42. The van der Waals surface area contributed by atoms with Crippen LogP contribution in [0.4, 0.5) is 5.69 Å². The van der Waals surface area contributed by atoms with Gasteiger partial charge in [0.25, 0.3) is 0 Å². The predicted molar refractivity (Wildman–Crippen MR) is 150 cm³/mol. The number of esters is 1. The van der Waals surface area contributed by atoms with E-state index in [0.29, 0.717) is 10.7 Å². The number of benzene rings is 2. The van der Waals surface area contributed by atoms with E-state index in [1.165, 1.54) is 18.2 Å². The van der Waals surface area contributed by atoms with Crippen molar-refractivity contribution in [2.45, 2.75) is 39.8 Å². The Morgan fingerprint density at radius 3 is 2.43 bits per heavy atom. The van der Waals surface area contributed by atoms with E-state index < -0.39 is 0 Å². The van der Waals surface area contributed by atoms with Crippen molar-refractivity contribution in [2.24, 2.45) is 0 Å². The molecule has 6 nitrogen and oxygen atoms in total. The maximum absolute atomic E-state index is 12.6. The first-order valence-corrected chi connectivity index (χ1v) is 12.7. The maximum atomic E-state index is 12.6. The van der Waals surface area contributed by atoms with Gasteiger partial charge in [0.2, 0.25) is 0 Å². The highest BCUT2D eigenvalue weighted by atomic mass is 32.1. The fraction of sp³-hybridized carbons (Fsp3) is 0.233. The number of thiocarbonyl (C=S) groups is 1. The number of methoxy groups -OCH3 is 1. The molecule has 0 amide bonds. The van der Waals surface area contributed by atoms with Crippen molar-refractivity contribution < 1.29 is 9.53 Å². The van der Waals surface area contributed by atoms with Gasteiger partial charge < -0.3 is 19.5 Å². The first-order valence-electron chi connectivity index (χ1n) is 12.3. The van der Waals surface area contributed by atoms with Crippen LogP contribution in [0.2, 0.25) is 0 Å². The van der Waals surface area contributed by atoms with Gasteiger partial charge in [0.05, 0.1) is 36.1 Å². The number of carbonyl (C=O) groups excluding carboxylic acids is 1. The Kier molecular flexibility index (Phi) is 6.56. The second-order valence-corrected chi connectivity index (χ2v) is 9.82. The van der Waals surface area contributed by atoms with Gasteiger partial charge in [-0.2, -0.15) is 0 Å². The smallest absolute Gasteiger partial charge is 0.339 e. The summed E-state index contributed by atoms with van der Waals surface area (Å²) in [6, 6.07) is 21.8. The number of nitrogens with one attached hydrogen (secondary N) is 1. The molecule has 0 saturated carbocycles. The Hall–Kier alpha value is -3.97. The summed E-state index contributed by atoms with van der Waals surface area (Å²) >= 11 is 5.92. The average molecular weight is 511 g/mol. The van der Waals surface area contributed by atoms with Crippen LogP contribution in [0.15, 0.2) is 72.9 Å². The molecule has 188 valence electrons. The molecule has 1 fully saturated rings. The molecule has 0 unspecified atom stereocenters. The van der Waals surface area contributed by atoms with Gasteiger partial charge in [-0.15, -0.1) is 0 Å². The summed E-state index contributed by atoms with van der Waals surface area (Å²) < 4.78 is 7.20. The van der Waals surface area contributed by atoms with Crippen molar-refractivity contribution in [3.05, 3.63) is 112 Å². The summed E-state index contributed by atoms with van der Waals surface area (Å²) in [7, 11) is 1.41. The van der Waals surface area contributed by atoms with Crippen molar-refractivity contribution in [1.82, 2.24) is 14.9 Å². The zero-order valence-electron chi connectivity index (χ0n) is 21.6. The lowest BCUT2D eigenvalue weighted by Crippen LogP contribution is -2.29. The van der Waals surface area contributed by atoms with E-state index in [1.807, 2.05) is 42.6 Å². The van der Waals surface area contributed by atoms with Crippen molar-refractivity contribution in [1.29, 1.82) is 0 Å². The number of carbonyl (C=O) groups is 1. The number of pyridine rings is 1. The molecule has 7 heteroatoms. The third-order valence-electron chi connectivity index (χ3n) is 7.21. The summed E-state index contributed by atoms with van der Waals surface area (Å²) in [5.41, 5.74) is 8.85. The molecule has 3 heterocycles. The Bertz CT molecular complexity index is 1490. The average Bonchev–Trinajstić information content (AvgIpc) is 3.40. The van der Waals surface area contributed by atoms with Gasteiger partial charge in [-0.3, -0.25) is 4.98 Å². The number of ether oxygens (including phenoxy) is 1. The number of rotatable bonds is 5. The van der Waals surface area contributed by atoms with Crippen LogP contribution in [0.3, 0.4) is 0 Å². The van der Waals surface area contributed by atoms with Crippen LogP contribution in [0.1, 0.15) is 56.2 Å². The molecule has 2 atom stereocenters. The van der Waals surface area contributed by atoms with Gasteiger partial charge in [-0.25, -0.2) is 4.79 Å². The van der Waals surface area contributed by atoms with E-state index in [4.69, 9.17) is 17.0 Å². The Morgan fingerprint density at radius 1 is 0.973 bits per heavy atom. The number of hydrogen-bond donors (Lipinski definition) is 1. The number of anilines is 1. The largest absolute Gasteiger partial charge is 0.465 e. The van der Waals surface area contributed by atoms with Crippen LogP contribution in [0, 0.1) is 27.7 Å². The second-order valence-electron chi connectivity index (χ2n) is 9.44. The zero-order valence-corrected chi connectivity index (χ0v) is 22.5. The Balaban J connectivity index is 1.70. The molecule has 0 spiro atoms. The van der Waals surface area contributed by atoms with Crippen LogP contribution in [0.5, 0.6) is 0 Å². The molecule has 1 saturated heterocycles. The number of aromatic nitrogens is 2. The first kappa shape index (κ1) is 24.7. The van der Waals surface area contributed by atoms with E-state index >= 15 is 0 Å². The minimum atomic E-state index is -0.364. The van der Waals surface area contributed by atoms with Gasteiger partial charge in [0, 0.05) is 23.3 Å². The summed E-state index contributed by atoms with van der Waals surface area (Å²) in [5.74, 6) is -0.364. The predicted octanol–water partition coefficient (Wildman–Crippen LogP) is 6.07. The van der Waals surface area contributed by atoms with Gasteiger partial charge in [0.1, 0.15) is 0 Å². The molecule has 1 N–H and O–H groups in total. The van der Waals surface area contributed by atoms with Crippen molar-refractivity contribution >= 4 is 29.0 Å². The molecular weight excluding hydrogens is 480 g/mol. The minimum Gasteiger partial charge on any atom is -0.465 e. The van der Waals surface area contributed by atoms with Crippen LogP contribution in [-0.2, 0) is 4.74 Å². The van der Waals surface area contributed by atoms with Gasteiger partial charge in [0.15, 0.2) is 5.11 Å². The van der Waals surface area contributed by atoms with Crippen LogP contribution < -0.4 is 10.2 Å². The highest BCUT2D eigenvalue weighted by molar-refractivity contribution is 7.80. The third kappa shape index (κ3) is 4.29. The van der Waals surface area contributed by atoms with Crippen molar-refractivity contribution in [2.75, 3.05) is 12.0 Å². The zero-order chi connectivity index (χ0) is 26.3. The minimum absolute atomic E-state index is 0.144. The third-order valence-corrected chi connectivity index (χ3v) is 7.52. The van der Waals surface area contributed by atoms with E-state index in [9.17, 15) is 4.79 Å². The highest BCUT2D eigenvalue weighted by Crippen LogP contribution is 2.44. The number of nitrogens with zero attached hydrogens (tertiary/aromatic N) is 3. The molecule has 2 aromatic heterocycles. The Morgan fingerprint density at radius 2 is 1.73 bits per heavy atom. The number of hydrogen-bond acceptors (Lipinski definition) is 4. The van der Waals surface area contributed by atoms with Crippen molar-refractivity contribution in [3.8, 4) is 5.69 Å². The first-order chi connectivity index (χ1) is 17.8. The lowest BCUT2D eigenvalue weighted by atomic mass is 9.96. The second kappa shape index (κ2) is 9.82. The van der Waals surface area contributed by atoms with E-state index in [-0.39, 0.29) is 18.1 Å². The van der Waals surface area contributed by atoms with E-state index in [0.717, 1.165) is 34.0 Å². The number of aryl methyl sites for hydroxylation is 3. The lowest BCUT2D eigenvalue weighted by Gasteiger charge is -2.28. The molecule has 1 aliphatic heterocycles. The van der Waals surface area contributed by atoms with E-state index in [2.05, 4.69) is 71.7 Å². The van der Waals surface area contributed by atoms with Gasteiger partial charge in [-0.1, -0.05) is 24.3 Å². The fourth-order valence-corrected chi connectivity index (χ4v) is 5.58. The van der Waals surface area contributed by atoms with Gasteiger partial charge >= 0.3 is 5.97 Å². The SMILES string of the molecule is COC(=O)c1ccccc1-n1c(C)cc([C@@H]2[C@@H](c3ccccn3)NC(=S)N2c2ccc(C)c(C)c2)c1C. The van der Waals surface area contributed by atoms with E-state index in [1.54, 1.807) is 6.07 Å². The van der Waals surface area contributed by atoms with Crippen molar-refractivity contribution in [3.63, 3.8) is 0 Å². The molecule has 2 aromatic carbocycles. The van der Waals surface area contributed by atoms with Crippen LogP contribution in [-0.4, -0.2) is 27.7 Å². The molecule has 0 radical (unpaired) electrons. The summed E-state index contributed by atoms with van der Waals surface area (Å²) in [4.78, 5) is 19.5. The summed E-state index contributed by atoms with van der Waals surface area (Å²) in [5, 5.41) is 4.20. The number of para-hydroxylation sites is 1. The molecule has 0 aliphatic carbocycles. The molecule has 5 rings (SSSR count). The standard InChI is InChI=1S/C30H30N4O2S/c1-18-13-14-22(16-19(18)2)34-28(27(32-30(34)37)25-11-8-9-15-31-25)24-17-20(3)33(21(24)4)26-12-7-6-10-23(26)29(35)36-5/h6-17,27-28H,1-5H3,(H,32,37)/t27-,28-/m1/s1. The Labute approximate surface area is 222 Å². The lowest BCUT2D eigenvalue weighted by molar-refractivity contribution is 0.0600. The molecule has 37 heavy (non-hydrogen) atoms. The molecule has 4 aromatic rings. The quantitative estimate of drug-likeness (QED) is 0.260. The summed E-state index contributed by atoms with van der Waals surface area (Å²) in [6.07, 6.45) is 1.81.